The zero-order valence-electron chi connectivity index (χ0n) is 12.5. The van der Waals surface area contributed by atoms with Crippen LogP contribution in [0.3, 0.4) is 0 Å². The van der Waals surface area contributed by atoms with E-state index in [4.69, 9.17) is 0 Å². The molecule has 1 saturated heterocycles. The number of aromatic amines is 2. The van der Waals surface area contributed by atoms with Gasteiger partial charge in [-0.1, -0.05) is 0 Å². The quantitative estimate of drug-likeness (QED) is 0.907. The number of piperidine rings is 1. The van der Waals surface area contributed by atoms with Crippen LogP contribution in [0, 0.1) is 13.8 Å². The molecule has 1 aliphatic rings. The number of amides is 1. The molecule has 112 valence electrons. The van der Waals surface area contributed by atoms with Crippen LogP contribution in [-0.4, -0.2) is 37.7 Å². The smallest absolute Gasteiger partial charge is 0.227 e. The molecule has 0 saturated carbocycles. The van der Waals surface area contributed by atoms with Crippen molar-refractivity contribution in [3.63, 3.8) is 0 Å². The fraction of sp³-hybridized carbons (Fsp3) is 0.533. The van der Waals surface area contributed by atoms with Gasteiger partial charge in [-0.3, -0.25) is 15.0 Å². The van der Waals surface area contributed by atoms with E-state index in [0.29, 0.717) is 6.42 Å². The second kappa shape index (κ2) is 5.71. The molecule has 0 aromatic carbocycles. The number of rotatable bonds is 3. The lowest BCUT2D eigenvalue weighted by Crippen LogP contribution is -2.39. The molecule has 21 heavy (non-hydrogen) atoms. The number of hydrogen-bond acceptors (Lipinski definition) is 3. The van der Waals surface area contributed by atoms with E-state index in [9.17, 15) is 4.79 Å². The first-order chi connectivity index (χ1) is 10.2. The van der Waals surface area contributed by atoms with E-state index in [2.05, 4.69) is 20.4 Å². The molecule has 2 aromatic heterocycles. The number of aryl methyl sites for hydroxylation is 2. The molecular formula is C15H21N5O. The SMILES string of the molecule is Cc1n[nH]c(C)c1CC(=O)N1CCCC[C@@H]1c1ccn[nH]1. The molecule has 1 atom stereocenters. The minimum absolute atomic E-state index is 0.126. The maximum Gasteiger partial charge on any atom is 0.227 e. The standard InChI is InChI=1S/C15H21N5O/c1-10-12(11(2)18-17-10)9-15(21)20-8-4-3-5-14(20)13-6-7-16-19-13/h6-7,14H,3-5,8-9H2,1-2H3,(H,16,19)(H,17,18)/t14-/m1/s1. The average molecular weight is 287 g/mol. The van der Waals surface area contributed by atoms with Crippen molar-refractivity contribution in [2.24, 2.45) is 0 Å². The van der Waals surface area contributed by atoms with E-state index in [0.717, 1.165) is 48.5 Å². The minimum Gasteiger partial charge on any atom is -0.334 e. The first kappa shape index (κ1) is 13.9. The second-order valence-electron chi connectivity index (χ2n) is 5.70. The monoisotopic (exact) mass is 287 g/mol. The van der Waals surface area contributed by atoms with Gasteiger partial charge in [0.2, 0.25) is 5.91 Å². The molecule has 0 radical (unpaired) electrons. The molecule has 2 N–H and O–H groups in total. The van der Waals surface area contributed by atoms with E-state index in [-0.39, 0.29) is 11.9 Å². The third kappa shape index (κ3) is 2.70. The van der Waals surface area contributed by atoms with Crippen molar-refractivity contribution in [3.05, 3.63) is 34.9 Å². The maximum atomic E-state index is 12.7. The molecule has 0 bridgehead atoms. The molecular weight excluding hydrogens is 266 g/mol. The molecule has 2 aromatic rings. The van der Waals surface area contributed by atoms with Crippen LogP contribution < -0.4 is 0 Å². The number of hydrogen-bond donors (Lipinski definition) is 2. The third-order valence-electron chi connectivity index (χ3n) is 4.31. The predicted octanol–water partition coefficient (Wildman–Crippen LogP) is 2.05. The van der Waals surface area contributed by atoms with Crippen molar-refractivity contribution in [1.29, 1.82) is 0 Å². The highest BCUT2D eigenvalue weighted by molar-refractivity contribution is 5.79. The van der Waals surface area contributed by atoms with E-state index < -0.39 is 0 Å². The Bertz CT molecular complexity index is 597. The number of carbonyl (C=O) groups excluding carboxylic acids is 1. The molecule has 1 amide bonds. The van der Waals surface area contributed by atoms with E-state index in [1.807, 2.05) is 24.8 Å². The van der Waals surface area contributed by atoms with Gasteiger partial charge in [0.1, 0.15) is 0 Å². The van der Waals surface area contributed by atoms with Crippen LogP contribution in [0.1, 0.15) is 47.9 Å². The van der Waals surface area contributed by atoms with E-state index in [1.54, 1.807) is 6.20 Å². The highest BCUT2D eigenvalue weighted by Crippen LogP contribution is 2.30. The van der Waals surface area contributed by atoms with Gasteiger partial charge in [0.25, 0.3) is 0 Å². The molecule has 1 fully saturated rings. The van der Waals surface area contributed by atoms with Gasteiger partial charge in [0.05, 0.1) is 23.9 Å². The van der Waals surface area contributed by atoms with Crippen molar-refractivity contribution in [2.45, 2.75) is 45.6 Å². The van der Waals surface area contributed by atoms with Crippen LogP contribution in [0.15, 0.2) is 12.3 Å². The molecule has 1 aliphatic heterocycles. The first-order valence-corrected chi connectivity index (χ1v) is 7.46. The van der Waals surface area contributed by atoms with Crippen LogP contribution in [0.25, 0.3) is 0 Å². The Labute approximate surface area is 123 Å². The Balaban J connectivity index is 1.79. The normalized spacial score (nSPS) is 19.0. The summed E-state index contributed by atoms with van der Waals surface area (Å²) >= 11 is 0. The number of aromatic nitrogens is 4. The molecule has 6 heteroatoms. The summed E-state index contributed by atoms with van der Waals surface area (Å²) in [5, 5.41) is 14.1. The van der Waals surface area contributed by atoms with Gasteiger partial charge >= 0.3 is 0 Å². The maximum absolute atomic E-state index is 12.7. The van der Waals surface area contributed by atoms with Crippen molar-refractivity contribution < 1.29 is 4.79 Å². The second-order valence-corrected chi connectivity index (χ2v) is 5.70. The summed E-state index contributed by atoms with van der Waals surface area (Å²) in [6.07, 6.45) is 5.38. The van der Waals surface area contributed by atoms with Crippen LogP contribution >= 0.6 is 0 Å². The summed E-state index contributed by atoms with van der Waals surface area (Å²) in [5.41, 5.74) is 3.95. The fourth-order valence-electron chi connectivity index (χ4n) is 3.09. The summed E-state index contributed by atoms with van der Waals surface area (Å²) in [6.45, 7) is 4.72. The number of nitrogens with one attached hydrogen (secondary N) is 2. The van der Waals surface area contributed by atoms with Gasteiger partial charge in [-0.05, 0) is 39.2 Å². The van der Waals surface area contributed by atoms with Gasteiger partial charge in [-0.15, -0.1) is 0 Å². The Morgan fingerprint density at radius 1 is 1.38 bits per heavy atom. The zero-order chi connectivity index (χ0) is 14.8. The summed E-state index contributed by atoms with van der Waals surface area (Å²) in [5.74, 6) is 0.168. The molecule has 0 spiro atoms. The number of likely N-dealkylation sites (tertiary alicyclic amines) is 1. The van der Waals surface area contributed by atoms with Gasteiger partial charge in [-0.25, -0.2) is 0 Å². The van der Waals surface area contributed by atoms with Crippen molar-refractivity contribution in [3.8, 4) is 0 Å². The Hall–Kier alpha value is -2.11. The van der Waals surface area contributed by atoms with Gasteiger partial charge in [0.15, 0.2) is 0 Å². The fourth-order valence-corrected chi connectivity index (χ4v) is 3.09. The number of nitrogens with zero attached hydrogens (tertiary/aromatic N) is 3. The summed E-state index contributed by atoms with van der Waals surface area (Å²) in [7, 11) is 0. The Kier molecular flexibility index (Phi) is 3.77. The number of carbonyl (C=O) groups is 1. The summed E-state index contributed by atoms with van der Waals surface area (Å²) < 4.78 is 0. The molecule has 0 unspecified atom stereocenters. The lowest BCUT2D eigenvalue weighted by molar-refractivity contribution is -0.134. The predicted molar refractivity (Wildman–Crippen MR) is 78.7 cm³/mol. The van der Waals surface area contributed by atoms with Crippen LogP contribution in [0.5, 0.6) is 0 Å². The molecule has 3 heterocycles. The van der Waals surface area contributed by atoms with Crippen LogP contribution in [0.2, 0.25) is 0 Å². The largest absolute Gasteiger partial charge is 0.334 e. The molecule has 3 rings (SSSR count). The topological polar surface area (TPSA) is 77.7 Å². The summed E-state index contributed by atoms with van der Waals surface area (Å²) in [4.78, 5) is 14.7. The van der Waals surface area contributed by atoms with Crippen molar-refractivity contribution >= 4 is 5.91 Å². The van der Waals surface area contributed by atoms with E-state index in [1.165, 1.54) is 0 Å². The van der Waals surface area contributed by atoms with E-state index >= 15 is 0 Å². The lowest BCUT2D eigenvalue weighted by atomic mass is 9.98. The zero-order valence-corrected chi connectivity index (χ0v) is 12.5. The molecule has 0 aliphatic carbocycles. The van der Waals surface area contributed by atoms with Crippen LogP contribution in [0.4, 0.5) is 0 Å². The summed E-state index contributed by atoms with van der Waals surface area (Å²) in [6, 6.07) is 2.09. The number of H-pyrrole nitrogens is 2. The van der Waals surface area contributed by atoms with Crippen LogP contribution in [-0.2, 0) is 11.2 Å². The van der Waals surface area contributed by atoms with Crippen molar-refractivity contribution in [1.82, 2.24) is 25.3 Å². The Morgan fingerprint density at radius 2 is 2.24 bits per heavy atom. The molecule has 6 nitrogen and oxygen atoms in total. The van der Waals surface area contributed by atoms with Gasteiger partial charge in [0, 0.05) is 24.0 Å². The highest BCUT2D eigenvalue weighted by Gasteiger charge is 2.29. The van der Waals surface area contributed by atoms with Crippen molar-refractivity contribution in [2.75, 3.05) is 6.54 Å². The first-order valence-electron chi connectivity index (χ1n) is 7.46. The van der Waals surface area contributed by atoms with Gasteiger partial charge < -0.3 is 4.90 Å². The average Bonchev–Trinajstić information content (AvgIpc) is 3.13. The van der Waals surface area contributed by atoms with Gasteiger partial charge in [-0.2, -0.15) is 10.2 Å². The third-order valence-corrected chi connectivity index (χ3v) is 4.31. The highest BCUT2D eigenvalue weighted by atomic mass is 16.2. The Morgan fingerprint density at radius 3 is 2.90 bits per heavy atom. The minimum atomic E-state index is 0.126. The lowest BCUT2D eigenvalue weighted by Gasteiger charge is -2.35.